The molecule has 0 atom stereocenters. The minimum Gasteiger partial charge on any atom is -0.494 e. The standard InChI is InChI=1S/C18H19N3O/c1-22-18-10-6-5-9-16(18)21-17(13-15(20-21)11-12-19)14-7-3-2-4-8-14/h2-10,13H,11-12,19H2,1H3. The third kappa shape index (κ3) is 2.73. The maximum atomic E-state index is 5.68. The van der Waals surface area contributed by atoms with Crippen LogP contribution < -0.4 is 10.5 Å². The number of ether oxygens (including phenoxy) is 1. The molecular weight excluding hydrogens is 274 g/mol. The fraction of sp³-hybridized carbons (Fsp3) is 0.167. The molecule has 1 heterocycles. The Hall–Kier alpha value is -2.59. The Bertz CT molecular complexity index is 750. The van der Waals surface area contributed by atoms with Gasteiger partial charge in [-0.25, -0.2) is 4.68 Å². The first-order valence-electron chi connectivity index (χ1n) is 7.31. The van der Waals surface area contributed by atoms with E-state index in [0.29, 0.717) is 6.54 Å². The molecule has 0 aliphatic rings. The molecule has 4 nitrogen and oxygen atoms in total. The van der Waals surface area contributed by atoms with Crippen molar-refractivity contribution in [2.75, 3.05) is 13.7 Å². The number of hydrogen-bond donors (Lipinski definition) is 1. The van der Waals surface area contributed by atoms with E-state index in [9.17, 15) is 0 Å². The molecule has 0 saturated heterocycles. The molecule has 0 spiro atoms. The van der Waals surface area contributed by atoms with E-state index < -0.39 is 0 Å². The summed E-state index contributed by atoms with van der Waals surface area (Å²) < 4.78 is 7.40. The molecule has 0 amide bonds. The molecule has 1 aromatic heterocycles. The van der Waals surface area contributed by atoms with E-state index in [1.807, 2.05) is 47.1 Å². The van der Waals surface area contributed by atoms with Crippen LogP contribution in [-0.4, -0.2) is 23.4 Å². The van der Waals surface area contributed by atoms with Crippen molar-refractivity contribution < 1.29 is 4.74 Å². The van der Waals surface area contributed by atoms with Crippen molar-refractivity contribution >= 4 is 0 Å². The van der Waals surface area contributed by atoms with Crippen LogP contribution in [0.3, 0.4) is 0 Å². The van der Waals surface area contributed by atoms with Crippen LogP contribution in [0, 0.1) is 0 Å². The second-order valence-corrected chi connectivity index (χ2v) is 5.01. The lowest BCUT2D eigenvalue weighted by Gasteiger charge is -2.11. The largest absolute Gasteiger partial charge is 0.494 e. The number of methoxy groups -OCH3 is 1. The average molecular weight is 293 g/mol. The summed E-state index contributed by atoms with van der Waals surface area (Å²) in [7, 11) is 1.67. The number of nitrogens with zero attached hydrogens (tertiary/aromatic N) is 2. The summed E-state index contributed by atoms with van der Waals surface area (Å²) in [6.45, 7) is 0.581. The van der Waals surface area contributed by atoms with Gasteiger partial charge in [-0.3, -0.25) is 0 Å². The Kier molecular flexibility index (Phi) is 4.21. The van der Waals surface area contributed by atoms with Crippen LogP contribution in [0.25, 0.3) is 16.9 Å². The first-order chi connectivity index (χ1) is 10.8. The van der Waals surface area contributed by atoms with Gasteiger partial charge in [-0.1, -0.05) is 42.5 Å². The van der Waals surface area contributed by atoms with Crippen molar-refractivity contribution in [1.29, 1.82) is 0 Å². The Morgan fingerprint density at radius 3 is 2.50 bits per heavy atom. The quantitative estimate of drug-likeness (QED) is 0.786. The summed E-state index contributed by atoms with van der Waals surface area (Å²) in [5.41, 5.74) is 9.73. The van der Waals surface area contributed by atoms with Gasteiger partial charge in [-0.2, -0.15) is 5.10 Å². The van der Waals surface area contributed by atoms with Crippen molar-refractivity contribution in [3.8, 4) is 22.7 Å². The Morgan fingerprint density at radius 1 is 1.05 bits per heavy atom. The number of hydrogen-bond acceptors (Lipinski definition) is 3. The Labute approximate surface area is 130 Å². The Morgan fingerprint density at radius 2 is 1.77 bits per heavy atom. The molecule has 4 heteroatoms. The zero-order chi connectivity index (χ0) is 15.4. The van der Waals surface area contributed by atoms with E-state index in [1.54, 1.807) is 7.11 Å². The van der Waals surface area contributed by atoms with Crippen LogP contribution in [0.5, 0.6) is 5.75 Å². The van der Waals surface area contributed by atoms with Gasteiger partial charge in [0.25, 0.3) is 0 Å². The van der Waals surface area contributed by atoms with Crippen LogP contribution in [0.2, 0.25) is 0 Å². The fourth-order valence-corrected chi connectivity index (χ4v) is 2.50. The highest BCUT2D eigenvalue weighted by atomic mass is 16.5. The van der Waals surface area contributed by atoms with Crippen molar-refractivity contribution in [2.24, 2.45) is 5.73 Å². The molecule has 2 N–H and O–H groups in total. The van der Waals surface area contributed by atoms with Gasteiger partial charge in [-0.15, -0.1) is 0 Å². The molecule has 0 saturated carbocycles. The SMILES string of the molecule is COc1ccccc1-n1nc(CCN)cc1-c1ccccc1. The number of nitrogens with two attached hydrogens (primary N) is 1. The van der Waals surface area contributed by atoms with Crippen molar-refractivity contribution in [1.82, 2.24) is 9.78 Å². The first kappa shape index (κ1) is 14.4. The van der Waals surface area contributed by atoms with E-state index >= 15 is 0 Å². The van der Waals surface area contributed by atoms with E-state index in [4.69, 9.17) is 15.6 Å². The zero-order valence-corrected chi connectivity index (χ0v) is 12.6. The van der Waals surface area contributed by atoms with Crippen LogP contribution in [0.4, 0.5) is 0 Å². The summed E-state index contributed by atoms with van der Waals surface area (Å²) in [4.78, 5) is 0. The van der Waals surface area contributed by atoms with Gasteiger partial charge >= 0.3 is 0 Å². The smallest absolute Gasteiger partial charge is 0.144 e. The topological polar surface area (TPSA) is 53.1 Å². The molecule has 0 unspecified atom stereocenters. The van der Waals surface area contributed by atoms with Gasteiger partial charge in [0, 0.05) is 12.0 Å². The fourth-order valence-electron chi connectivity index (χ4n) is 2.50. The number of benzene rings is 2. The van der Waals surface area contributed by atoms with Crippen molar-refractivity contribution in [3.63, 3.8) is 0 Å². The molecular formula is C18H19N3O. The van der Waals surface area contributed by atoms with Gasteiger partial charge in [0.05, 0.1) is 18.5 Å². The van der Waals surface area contributed by atoms with E-state index in [-0.39, 0.29) is 0 Å². The van der Waals surface area contributed by atoms with Crippen LogP contribution in [0.15, 0.2) is 60.7 Å². The average Bonchev–Trinajstić information content (AvgIpc) is 3.00. The lowest BCUT2D eigenvalue weighted by molar-refractivity contribution is 0.412. The molecule has 0 aliphatic carbocycles. The van der Waals surface area contributed by atoms with Crippen molar-refractivity contribution in [3.05, 3.63) is 66.4 Å². The van der Waals surface area contributed by atoms with Gasteiger partial charge in [0.2, 0.25) is 0 Å². The molecule has 0 bridgehead atoms. The molecule has 0 aliphatic heterocycles. The molecule has 0 radical (unpaired) electrons. The number of aromatic nitrogens is 2. The Balaban J connectivity index is 2.17. The summed E-state index contributed by atoms with van der Waals surface area (Å²) >= 11 is 0. The van der Waals surface area contributed by atoms with Gasteiger partial charge in [-0.05, 0) is 24.7 Å². The predicted octanol–water partition coefficient (Wildman–Crippen LogP) is 3.05. The van der Waals surface area contributed by atoms with Gasteiger partial charge in [0.1, 0.15) is 11.4 Å². The van der Waals surface area contributed by atoms with Gasteiger partial charge in [0.15, 0.2) is 0 Å². The zero-order valence-electron chi connectivity index (χ0n) is 12.6. The molecule has 3 aromatic rings. The summed E-state index contributed by atoms with van der Waals surface area (Å²) in [6.07, 6.45) is 0.752. The third-order valence-corrected chi connectivity index (χ3v) is 3.54. The highest BCUT2D eigenvalue weighted by Gasteiger charge is 2.14. The monoisotopic (exact) mass is 293 g/mol. The number of para-hydroxylation sites is 2. The minimum absolute atomic E-state index is 0.581. The highest BCUT2D eigenvalue weighted by Crippen LogP contribution is 2.29. The molecule has 0 fully saturated rings. The first-order valence-corrected chi connectivity index (χ1v) is 7.31. The van der Waals surface area contributed by atoms with Crippen LogP contribution in [0.1, 0.15) is 5.69 Å². The summed E-state index contributed by atoms with van der Waals surface area (Å²) in [5.74, 6) is 0.794. The molecule has 3 rings (SSSR count). The molecule has 22 heavy (non-hydrogen) atoms. The third-order valence-electron chi connectivity index (χ3n) is 3.54. The number of rotatable bonds is 5. The second-order valence-electron chi connectivity index (χ2n) is 5.01. The van der Waals surface area contributed by atoms with E-state index in [0.717, 1.165) is 34.8 Å². The predicted molar refractivity (Wildman–Crippen MR) is 88.3 cm³/mol. The lowest BCUT2D eigenvalue weighted by atomic mass is 10.1. The lowest BCUT2D eigenvalue weighted by Crippen LogP contribution is -2.05. The summed E-state index contributed by atoms with van der Waals surface area (Å²) in [6, 6.07) is 20.2. The second kappa shape index (κ2) is 6.45. The van der Waals surface area contributed by atoms with E-state index in [1.165, 1.54) is 0 Å². The maximum Gasteiger partial charge on any atom is 0.144 e. The van der Waals surface area contributed by atoms with Crippen LogP contribution >= 0.6 is 0 Å². The van der Waals surface area contributed by atoms with Crippen molar-refractivity contribution in [2.45, 2.75) is 6.42 Å². The normalized spacial score (nSPS) is 10.6. The van der Waals surface area contributed by atoms with E-state index in [2.05, 4.69) is 18.2 Å². The molecule has 112 valence electrons. The molecule has 2 aromatic carbocycles. The van der Waals surface area contributed by atoms with Gasteiger partial charge < -0.3 is 10.5 Å². The maximum absolute atomic E-state index is 5.68. The minimum atomic E-state index is 0.581. The summed E-state index contributed by atoms with van der Waals surface area (Å²) in [5, 5.41) is 4.71. The highest BCUT2D eigenvalue weighted by molar-refractivity contribution is 5.64. The van der Waals surface area contributed by atoms with Crippen LogP contribution in [-0.2, 0) is 6.42 Å².